The predicted octanol–water partition coefficient (Wildman–Crippen LogP) is 4.56. The molecule has 0 aliphatic rings. The van der Waals surface area contributed by atoms with Gasteiger partial charge in [-0.05, 0) is 36.6 Å². The summed E-state index contributed by atoms with van der Waals surface area (Å²) in [7, 11) is 4.14. The summed E-state index contributed by atoms with van der Waals surface area (Å²) in [5.74, 6) is 0. The fourth-order valence-electron chi connectivity index (χ4n) is 2.20. The topological polar surface area (TPSA) is 15.3 Å². The summed E-state index contributed by atoms with van der Waals surface area (Å²) in [6.45, 7) is 0.978. The first-order chi connectivity index (χ1) is 9.66. The van der Waals surface area contributed by atoms with Gasteiger partial charge in [-0.15, -0.1) is 0 Å². The van der Waals surface area contributed by atoms with Crippen molar-refractivity contribution in [3.63, 3.8) is 0 Å². The molecule has 0 spiro atoms. The number of nitrogens with zero attached hydrogens (tertiary/aromatic N) is 1. The number of rotatable bonds is 6. The molecule has 0 aromatic heterocycles. The van der Waals surface area contributed by atoms with E-state index in [1.165, 1.54) is 16.9 Å². The minimum absolute atomic E-state index is 0.978. The average molecular weight is 333 g/mol. The standard InChI is InChI=1S/C17H21BrN2/c1-20(2)17-11-10-15(18)13-16(17)19-12-6-9-14-7-4-3-5-8-14/h3-5,7-8,10-11,13,19H,6,9,12H2,1-2H3. The number of halogens is 1. The maximum atomic E-state index is 3.53. The SMILES string of the molecule is CN(C)c1ccc(Br)cc1NCCCc1ccccc1. The summed E-state index contributed by atoms with van der Waals surface area (Å²) in [5, 5.41) is 3.53. The monoisotopic (exact) mass is 332 g/mol. The van der Waals surface area contributed by atoms with E-state index < -0.39 is 0 Å². The molecule has 106 valence electrons. The van der Waals surface area contributed by atoms with Crippen molar-refractivity contribution in [2.24, 2.45) is 0 Å². The second-order valence-corrected chi connectivity index (χ2v) is 5.99. The van der Waals surface area contributed by atoms with Crippen LogP contribution < -0.4 is 10.2 Å². The third-order valence-electron chi connectivity index (χ3n) is 3.24. The molecule has 20 heavy (non-hydrogen) atoms. The fraction of sp³-hybridized carbons (Fsp3) is 0.294. The molecule has 0 unspecified atom stereocenters. The van der Waals surface area contributed by atoms with Gasteiger partial charge in [0.25, 0.3) is 0 Å². The highest BCUT2D eigenvalue weighted by Crippen LogP contribution is 2.27. The van der Waals surface area contributed by atoms with E-state index in [9.17, 15) is 0 Å². The lowest BCUT2D eigenvalue weighted by Gasteiger charge is -2.19. The summed E-state index contributed by atoms with van der Waals surface area (Å²) in [4.78, 5) is 2.13. The molecule has 0 aliphatic carbocycles. The molecule has 0 aliphatic heterocycles. The first-order valence-corrected chi connectivity index (χ1v) is 7.71. The summed E-state index contributed by atoms with van der Waals surface area (Å²) >= 11 is 3.53. The summed E-state index contributed by atoms with van der Waals surface area (Å²) in [5.41, 5.74) is 3.79. The molecule has 0 saturated heterocycles. The number of hydrogen-bond acceptors (Lipinski definition) is 2. The van der Waals surface area contributed by atoms with Crippen molar-refractivity contribution in [3.8, 4) is 0 Å². The van der Waals surface area contributed by atoms with Crippen LogP contribution in [0.1, 0.15) is 12.0 Å². The van der Waals surface area contributed by atoms with Gasteiger partial charge in [0.05, 0.1) is 11.4 Å². The zero-order chi connectivity index (χ0) is 14.4. The molecule has 2 rings (SSSR count). The highest BCUT2D eigenvalue weighted by atomic mass is 79.9. The average Bonchev–Trinajstić information content (AvgIpc) is 2.44. The molecule has 2 aromatic carbocycles. The van der Waals surface area contributed by atoms with Crippen molar-refractivity contribution in [2.75, 3.05) is 30.9 Å². The van der Waals surface area contributed by atoms with Crippen LogP contribution in [-0.4, -0.2) is 20.6 Å². The van der Waals surface area contributed by atoms with E-state index in [1.807, 2.05) is 0 Å². The van der Waals surface area contributed by atoms with Gasteiger partial charge in [0.2, 0.25) is 0 Å². The lowest BCUT2D eigenvalue weighted by atomic mass is 10.1. The number of nitrogens with one attached hydrogen (secondary N) is 1. The Morgan fingerprint density at radius 1 is 1.05 bits per heavy atom. The Labute approximate surface area is 129 Å². The van der Waals surface area contributed by atoms with E-state index in [2.05, 4.69) is 88.8 Å². The fourth-order valence-corrected chi connectivity index (χ4v) is 2.56. The first kappa shape index (κ1) is 14.9. The van der Waals surface area contributed by atoms with Crippen LogP contribution in [-0.2, 0) is 6.42 Å². The van der Waals surface area contributed by atoms with Crippen LogP contribution in [0.3, 0.4) is 0 Å². The van der Waals surface area contributed by atoms with Gasteiger partial charge < -0.3 is 10.2 Å². The molecule has 0 fully saturated rings. The Morgan fingerprint density at radius 2 is 1.80 bits per heavy atom. The molecule has 0 saturated carbocycles. The van der Waals surface area contributed by atoms with E-state index in [1.54, 1.807) is 0 Å². The lowest BCUT2D eigenvalue weighted by molar-refractivity contribution is 0.862. The number of hydrogen-bond donors (Lipinski definition) is 1. The van der Waals surface area contributed by atoms with Crippen molar-refractivity contribution < 1.29 is 0 Å². The van der Waals surface area contributed by atoms with Crippen LogP contribution in [0.25, 0.3) is 0 Å². The van der Waals surface area contributed by atoms with Gasteiger partial charge in [-0.1, -0.05) is 46.3 Å². The molecule has 2 aromatic rings. The van der Waals surface area contributed by atoms with Gasteiger partial charge in [-0.3, -0.25) is 0 Å². The maximum Gasteiger partial charge on any atom is 0.0597 e. The van der Waals surface area contributed by atoms with Crippen molar-refractivity contribution in [1.29, 1.82) is 0 Å². The van der Waals surface area contributed by atoms with Crippen LogP contribution in [0, 0.1) is 0 Å². The lowest BCUT2D eigenvalue weighted by Crippen LogP contribution is -2.13. The molecule has 0 radical (unpaired) electrons. The maximum absolute atomic E-state index is 3.53. The van der Waals surface area contributed by atoms with E-state index in [-0.39, 0.29) is 0 Å². The van der Waals surface area contributed by atoms with Gasteiger partial charge in [0, 0.05) is 25.1 Å². The Bertz CT molecular complexity index is 538. The molecule has 0 amide bonds. The minimum atomic E-state index is 0.978. The van der Waals surface area contributed by atoms with Crippen molar-refractivity contribution in [1.82, 2.24) is 0 Å². The number of aryl methyl sites for hydroxylation is 1. The van der Waals surface area contributed by atoms with Gasteiger partial charge >= 0.3 is 0 Å². The molecule has 1 N–H and O–H groups in total. The normalized spacial score (nSPS) is 10.3. The number of benzene rings is 2. The molecule has 0 atom stereocenters. The minimum Gasteiger partial charge on any atom is -0.383 e. The van der Waals surface area contributed by atoms with E-state index >= 15 is 0 Å². The zero-order valence-corrected chi connectivity index (χ0v) is 13.7. The van der Waals surface area contributed by atoms with Crippen molar-refractivity contribution >= 4 is 27.3 Å². The van der Waals surface area contributed by atoms with Gasteiger partial charge in [0.1, 0.15) is 0 Å². The molecule has 2 nitrogen and oxygen atoms in total. The Balaban J connectivity index is 1.89. The molecular formula is C17H21BrN2. The van der Waals surface area contributed by atoms with Crippen molar-refractivity contribution in [2.45, 2.75) is 12.8 Å². The first-order valence-electron chi connectivity index (χ1n) is 6.91. The zero-order valence-electron chi connectivity index (χ0n) is 12.1. The number of anilines is 2. The van der Waals surface area contributed by atoms with E-state index in [0.717, 1.165) is 23.9 Å². The Morgan fingerprint density at radius 3 is 2.50 bits per heavy atom. The van der Waals surface area contributed by atoms with Gasteiger partial charge in [-0.2, -0.15) is 0 Å². The van der Waals surface area contributed by atoms with Crippen LogP contribution in [0.4, 0.5) is 11.4 Å². The molecule has 3 heteroatoms. The van der Waals surface area contributed by atoms with Gasteiger partial charge in [-0.25, -0.2) is 0 Å². The van der Waals surface area contributed by atoms with Crippen LogP contribution in [0.15, 0.2) is 53.0 Å². The molecular weight excluding hydrogens is 312 g/mol. The second kappa shape index (κ2) is 7.34. The summed E-state index contributed by atoms with van der Waals surface area (Å²) < 4.78 is 1.11. The quantitative estimate of drug-likeness (QED) is 0.780. The molecule has 0 heterocycles. The smallest absolute Gasteiger partial charge is 0.0597 e. The largest absolute Gasteiger partial charge is 0.383 e. The van der Waals surface area contributed by atoms with Gasteiger partial charge in [0.15, 0.2) is 0 Å². The highest BCUT2D eigenvalue weighted by molar-refractivity contribution is 9.10. The summed E-state index contributed by atoms with van der Waals surface area (Å²) in [6, 6.07) is 17.0. The Hall–Kier alpha value is -1.48. The van der Waals surface area contributed by atoms with E-state index in [4.69, 9.17) is 0 Å². The van der Waals surface area contributed by atoms with Crippen LogP contribution in [0.5, 0.6) is 0 Å². The van der Waals surface area contributed by atoms with Crippen molar-refractivity contribution in [3.05, 3.63) is 58.6 Å². The predicted molar refractivity (Wildman–Crippen MR) is 91.7 cm³/mol. The van der Waals surface area contributed by atoms with Crippen LogP contribution in [0.2, 0.25) is 0 Å². The third kappa shape index (κ3) is 4.27. The van der Waals surface area contributed by atoms with Crippen LogP contribution >= 0.6 is 15.9 Å². The Kier molecular flexibility index (Phi) is 5.48. The van der Waals surface area contributed by atoms with E-state index in [0.29, 0.717) is 0 Å². The second-order valence-electron chi connectivity index (χ2n) is 5.07. The third-order valence-corrected chi connectivity index (χ3v) is 3.73. The highest BCUT2D eigenvalue weighted by Gasteiger charge is 2.04. The summed E-state index contributed by atoms with van der Waals surface area (Å²) in [6.07, 6.45) is 2.24. The molecule has 0 bridgehead atoms.